The second-order valence-corrected chi connectivity index (χ2v) is 4.40. The summed E-state index contributed by atoms with van der Waals surface area (Å²) in [6.07, 6.45) is 2.60. The van der Waals surface area contributed by atoms with Crippen LogP contribution in [0.15, 0.2) is 30.3 Å². The van der Waals surface area contributed by atoms with Gasteiger partial charge in [-0.2, -0.15) is 0 Å². The van der Waals surface area contributed by atoms with Crippen molar-refractivity contribution >= 4 is 11.9 Å². The van der Waals surface area contributed by atoms with Crippen molar-refractivity contribution in [2.24, 2.45) is 5.92 Å². The Morgan fingerprint density at radius 1 is 1.29 bits per heavy atom. The molecule has 0 aromatic heterocycles. The molecular formula is C13H15NO3. The van der Waals surface area contributed by atoms with Crippen LogP contribution >= 0.6 is 0 Å². The van der Waals surface area contributed by atoms with Gasteiger partial charge in [-0.3, -0.25) is 4.79 Å². The van der Waals surface area contributed by atoms with Gasteiger partial charge in [0, 0.05) is 6.42 Å². The van der Waals surface area contributed by atoms with Gasteiger partial charge in [0.25, 0.3) is 0 Å². The van der Waals surface area contributed by atoms with Gasteiger partial charge in [0.05, 0.1) is 0 Å². The van der Waals surface area contributed by atoms with E-state index in [0.29, 0.717) is 17.9 Å². The number of carboxylic acid groups (broad SMARTS) is 1. The predicted molar refractivity (Wildman–Crippen MR) is 62.3 cm³/mol. The highest BCUT2D eigenvalue weighted by Crippen LogP contribution is 2.32. The maximum absolute atomic E-state index is 11.6. The fourth-order valence-electron chi connectivity index (χ4n) is 1.74. The van der Waals surface area contributed by atoms with Crippen molar-refractivity contribution in [1.29, 1.82) is 0 Å². The molecule has 1 aromatic rings. The van der Waals surface area contributed by atoms with Crippen LogP contribution in [-0.2, 0) is 9.59 Å². The lowest BCUT2D eigenvalue weighted by atomic mass is 10.1. The third-order valence-electron chi connectivity index (χ3n) is 2.86. The minimum atomic E-state index is -1.03. The van der Waals surface area contributed by atoms with Crippen molar-refractivity contribution in [2.75, 3.05) is 0 Å². The third kappa shape index (κ3) is 3.31. The highest BCUT2D eigenvalue weighted by atomic mass is 16.4. The van der Waals surface area contributed by atoms with Gasteiger partial charge in [-0.05, 0) is 24.3 Å². The summed E-state index contributed by atoms with van der Waals surface area (Å²) >= 11 is 0. The van der Waals surface area contributed by atoms with Crippen molar-refractivity contribution in [3.8, 4) is 0 Å². The monoisotopic (exact) mass is 233 g/mol. The maximum atomic E-state index is 11.6. The predicted octanol–water partition coefficient (Wildman–Crippen LogP) is 1.73. The molecular weight excluding hydrogens is 218 g/mol. The summed E-state index contributed by atoms with van der Waals surface area (Å²) in [4.78, 5) is 22.7. The molecule has 4 nitrogen and oxygen atoms in total. The van der Waals surface area contributed by atoms with E-state index in [9.17, 15) is 9.59 Å². The second kappa shape index (κ2) is 4.99. The maximum Gasteiger partial charge on any atom is 0.330 e. The van der Waals surface area contributed by atoms with Gasteiger partial charge in [0.15, 0.2) is 6.04 Å². The van der Waals surface area contributed by atoms with Gasteiger partial charge in [-0.1, -0.05) is 30.3 Å². The summed E-state index contributed by atoms with van der Waals surface area (Å²) in [6, 6.07) is 7.81. The normalized spacial score (nSPS) is 16.2. The zero-order valence-corrected chi connectivity index (χ0v) is 9.43. The first kappa shape index (κ1) is 11.6. The fraction of sp³-hybridized carbons (Fsp3) is 0.385. The Morgan fingerprint density at radius 3 is 2.47 bits per heavy atom. The lowest BCUT2D eigenvalue weighted by Crippen LogP contribution is -2.33. The highest BCUT2D eigenvalue weighted by molar-refractivity contribution is 5.84. The SMILES string of the molecule is O=C(CC1CC1)NC(C(=O)O)c1ccccc1. The molecule has 1 fully saturated rings. The Hall–Kier alpha value is -1.84. The molecule has 1 saturated carbocycles. The third-order valence-corrected chi connectivity index (χ3v) is 2.86. The summed E-state index contributed by atoms with van der Waals surface area (Å²) < 4.78 is 0. The topological polar surface area (TPSA) is 66.4 Å². The Labute approximate surface area is 99.6 Å². The molecule has 0 saturated heterocycles. The van der Waals surface area contributed by atoms with Gasteiger partial charge >= 0.3 is 5.97 Å². The molecule has 0 bridgehead atoms. The number of carbonyl (C=O) groups excluding carboxylic acids is 1. The van der Waals surface area contributed by atoms with Crippen molar-refractivity contribution in [1.82, 2.24) is 5.32 Å². The Kier molecular flexibility index (Phi) is 3.42. The van der Waals surface area contributed by atoms with Crippen molar-refractivity contribution in [3.05, 3.63) is 35.9 Å². The second-order valence-electron chi connectivity index (χ2n) is 4.40. The molecule has 0 spiro atoms. The summed E-state index contributed by atoms with van der Waals surface area (Å²) in [5, 5.41) is 11.7. The van der Waals surface area contributed by atoms with E-state index in [-0.39, 0.29) is 5.91 Å². The van der Waals surface area contributed by atoms with Crippen molar-refractivity contribution < 1.29 is 14.7 Å². The molecule has 1 unspecified atom stereocenters. The fourth-order valence-corrected chi connectivity index (χ4v) is 1.74. The minimum absolute atomic E-state index is 0.177. The molecule has 1 atom stereocenters. The number of hydrogen-bond donors (Lipinski definition) is 2. The largest absolute Gasteiger partial charge is 0.479 e. The molecule has 2 rings (SSSR count). The van der Waals surface area contributed by atoms with Crippen LogP contribution in [0.5, 0.6) is 0 Å². The van der Waals surface area contributed by atoms with Crippen LogP contribution < -0.4 is 5.32 Å². The molecule has 2 N–H and O–H groups in total. The molecule has 90 valence electrons. The molecule has 0 heterocycles. The molecule has 1 aromatic carbocycles. The number of carboxylic acids is 1. The number of hydrogen-bond acceptors (Lipinski definition) is 2. The summed E-state index contributed by atoms with van der Waals surface area (Å²) in [5.74, 6) is -0.746. The molecule has 1 aliphatic rings. The van der Waals surface area contributed by atoms with Gasteiger partial charge in [0.2, 0.25) is 5.91 Å². The van der Waals surface area contributed by atoms with Gasteiger partial charge in [0.1, 0.15) is 0 Å². The number of benzene rings is 1. The minimum Gasteiger partial charge on any atom is -0.479 e. The van der Waals surface area contributed by atoms with Crippen molar-refractivity contribution in [3.63, 3.8) is 0 Å². The number of nitrogens with one attached hydrogen (secondary N) is 1. The lowest BCUT2D eigenvalue weighted by Gasteiger charge is -2.14. The van der Waals surface area contributed by atoms with E-state index in [1.165, 1.54) is 0 Å². The van der Waals surface area contributed by atoms with Crippen LogP contribution in [0.3, 0.4) is 0 Å². The first-order valence-corrected chi connectivity index (χ1v) is 5.74. The average molecular weight is 233 g/mol. The van der Waals surface area contributed by atoms with E-state index in [1.807, 2.05) is 6.07 Å². The molecule has 17 heavy (non-hydrogen) atoms. The molecule has 1 amide bonds. The Morgan fingerprint density at radius 2 is 1.94 bits per heavy atom. The Balaban J connectivity index is 2.02. The van der Waals surface area contributed by atoms with Gasteiger partial charge in [-0.15, -0.1) is 0 Å². The number of rotatable bonds is 5. The van der Waals surface area contributed by atoms with Gasteiger partial charge < -0.3 is 10.4 Å². The van der Waals surface area contributed by atoms with E-state index in [2.05, 4.69) is 5.32 Å². The van der Waals surface area contributed by atoms with Crippen LogP contribution in [0.1, 0.15) is 30.9 Å². The van der Waals surface area contributed by atoms with E-state index in [4.69, 9.17) is 5.11 Å². The van der Waals surface area contributed by atoms with E-state index in [1.54, 1.807) is 24.3 Å². The van der Waals surface area contributed by atoms with Gasteiger partial charge in [-0.25, -0.2) is 4.79 Å². The number of aliphatic carboxylic acids is 1. The first-order chi connectivity index (χ1) is 8.16. The zero-order chi connectivity index (χ0) is 12.3. The molecule has 4 heteroatoms. The molecule has 1 aliphatic carbocycles. The Bertz CT molecular complexity index is 412. The van der Waals surface area contributed by atoms with Crippen LogP contribution in [-0.4, -0.2) is 17.0 Å². The summed E-state index contributed by atoms with van der Waals surface area (Å²) in [6.45, 7) is 0. The van der Waals surface area contributed by atoms with Crippen LogP contribution in [0.2, 0.25) is 0 Å². The summed E-state index contributed by atoms with van der Waals surface area (Å²) in [5.41, 5.74) is 0.601. The van der Waals surface area contributed by atoms with E-state index < -0.39 is 12.0 Å². The van der Waals surface area contributed by atoms with Crippen molar-refractivity contribution in [2.45, 2.75) is 25.3 Å². The smallest absolute Gasteiger partial charge is 0.330 e. The molecule has 0 aliphatic heterocycles. The van der Waals surface area contributed by atoms with Crippen LogP contribution in [0.25, 0.3) is 0 Å². The highest BCUT2D eigenvalue weighted by Gasteiger charge is 2.27. The standard InChI is InChI=1S/C13H15NO3/c15-11(8-9-6-7-9)14-12(13(16)17)10-4-2-1-3-5-10/h1-5,9,12H,6-8H2,(H,14,15)(H,16,17). The van der Waals surface area contributed by atoms with E-state index in [0.717, 1.165) is 12.8 Å². The summed E-state index contributed by atoms with van der Waals surface area (Å²) in [7, 11) is 0. The average Bonchev–Trinajstić information content (AvgIpc) is 3.10. The number of carbonyl (C=O) groups is 2. The van der Waals surface area contributed by atoms with E-state index >= 15 is 0 Å². The lowest BCUT2D eigenvalue weighted by molar-refractivity contribution is -0.142. The quantitative estimate of drug-likeness (QED) is 0.813. The van der Waals surface area contributed by atoms with Crippen LogP contribution in [0, 0.1) is 5.92 Å². The number of amides is 1. The first-order valence-electron chi connectivity index (χ1n) is 5.74. The zero-order valence-electron chi connectivity index (χ0n) is 9.43. The molecule has 0 radical (unpaired) electrons. The van der Waals surface area contributed by atoms with Crippen LogP contribution in [0.4, 0.5) is 0 Å².